The molecule has 0 unspecified atom stereocenters. The van der Waals surface area contributed by atoms with Gasteiger partial charge in [0.2, 0.25) is 0 Å². The van der Waals surface area contributed by atoms with Gasteiger partial charge in [-0.15, -0.1) is 0 Å². The van der Waals surface area contributed by atoms with Crippen molar-refractivity contribution in [1.29, 1.82) is 0 Å². The van der Waals surface area contributed by atoms with Crippen molar-refractivity contribution in [3.63, 3.8) is 0 Å². The van der Waals surface area contributed by atoms with Crippen molar-refractivity contribution in [3.05, 3.63) is 35.5 Å². The molecule has 2 N–H and O–H groups in total. The molecule has 0 spiro atoms. The molecule has 0 aliphatic carbocycles. The van der Waals surface area contributed by atoms with Gasteiger partial charge in [0.25, 0.3) is 5.91 Å². The standard InChI is InChI=1S/C16H20N2O4/c1-4-22-16(20)14-8-12-7-11(5-6-13(12)18-14)15(19)17-10(2)9-21-3/h5-8,10,18H,4,9H2,1-3H3,(H,17,19)/t10-/m0/s1. The highest BCUT2D eigenvalue weighted by Gasteiger charge is 2.13. The van der Waals surface area contributed by atoms with E-state index in [2.05, 4.69) is 10.3 Å². The number of H-pyrrole nitrogens is 1. The van der Waals surface area contributed by atoms with Crippen LogP contribution in [0.25, 0.3) is 10.9 Å². The summed E-state index contributed by atoms with van der Waals surface area (Å²) in [6, 6.07) is 6.83. The summed E-state index contributed by atoms with van der Waals surface area (Å²) in [4.78, 5) is 26.8. The third-order valence-corrected chi connectivity index (χ3v) is 3.17. The van der Waals surface area contributed by atoms with E-state index in [0.29, 0.717) is 24.5 Å². The molecular formula is C16H20N2O4. The maximum Gasteiger partial charge on any atom is 0.354 e. The fourth-order valence-electron chi connectivity index (χ4n) is 2.19. The molecule has 0 saturated heterocycles. The second-order valence-corrected chi connectivity index (χ2v) is 5.04. The van der Waals surface area contributed by atoms with Crippen molar-refractivity contribution in [2.45, 2.75) is 19.9 Å². The SMILES string of the molecule is CCOC(=O)c1cc2cc(C(=O)N[C@@H](C)COC)ccc2[nH]1. The normalized spacial score (nSPS) is 12.1. The summed E-state index contributed by atoms with van der Waals surface area (Å²) in [5.41, 5.74) is 1.69. The van der Waals surface area contributed by atoms with Crippen LogP contribution in [0.2, 0.25) is 0 Å². The van der Waals surface area contributed by atoms with Crippen LogP contribution in [0.4, 0.5) is 0 Å². The smallest absolute Gasteiger partial charge is 0.354 e. The van der Waals surface area contributed by atoms with E-state index < -0.39 is 5.97 Å². The van der Waals surface area contributed by atoms with Gasteiger partial charge in [0.1, 0.15) is 5.69 Å². The van der Waals surface area contributed by atoms with E-state index in [9.17, 15) is 9.59 Å². The number of nitrogens with one attached hydrogen (secondary N) is 2. The Labute approximate surface area is 128 Å². The van der Waals surface area contributed by atoms with Crippen LogP contribution in [0.3, 0.4) is 0 Å². The minimum atomic E-state index is -0.404. The molecule has 0 radical (unpaired) electrons. The number of hydrogen-bond acceptors (Lipinski definition) is 4. The van der Waals surface area contributed by atoms with Crippen LogP contribution < -0.4 is 5.32 Å². The molecule has 0 bridgehead atoms. The second kappa shape index (κ2) is 7.09. The minimum absolute atomic E-state index is 0.0745. The van der Waals surface area contributed by atoms with Crippen LogP contribution in [0, 0.1) is 0 Å². The van der Waals surface area contributed by atoms with Crippen LogP contribution >= 0.6 is 0 Å². The molecule has 0 saturated carbocycles. The number of amides is 1. The fourth-order valence-corrected chi connectivity index (χ4v) is 2.19. The van der Waals surface area contributed by atoms with E-state index in [-0.39, 0.29) is 11.9 Å². The molecule has 2 rings (SSSR count). The lowest BCUT2D eigenvalue weighted by Gasteiger charge is -2.12. The molecule has 0 fully saturated rings. The van der Waals surface area contributed by atoms with Gasteiger partial charge in [-0.3, -0.25) is 4.79 Å². The van der Waals surface area contributed by atoms with Gasteiger partial charge in [-0.1, -0.05) is 0 Å². The van der Waals surface area contributed by atoms with Crippen molar-refractivity contribution in [2.75, 3.05) is 20.3 Å². The zero-order chi connectivity index (χ0) is 16.1. The van der Waals surface area contributed by atoms with Gasteiger partial charge in [0, 0.05) is 29.6 Å². The zero-order valence-electron chi connectivity index (χ0n) is 12.9. The average molecular weight is 304 g/mol. The Balaban J connectivity index is 2.19. The van der Waals surface area contributed by atoms with E-state index >= 15 is 0 Å². The minimum Gasteiger partial charge on any atom is -0.461 e. The number of aromatic amines is 1. The highest BCUT2D eigenvalue weighted by molar-refractivity contribution is 6.00. The largest absolute Gasteiger partial charge is 0.461 e. The Morgan fingerprint density at radius 3 is 2.77 bits per heavy atom. The summed E-state index contributed by atoms with van der Waals surface area (Å²) >= 11 is 0. The molecule has 1 aromatic carbocycles. The van der Waals surface area contributed by atoms with Crippen molar-refractivity contribution in [2.24, 2.45) is 0 Å². The van der Waals surface area contributed by atoms with Crippen LogP contribution in [-0.2, 0) is 9.47 Å². The summed E-state index contributed by atoms with van der Waals surface area (Å²) in [5, 5.41) is 3.63. The predicted octanol–water partition coefficient (Wildman–Crippen LogP) is 2.11. The van der Waals surface area contributed by atoms with E-state index in [1.54, 1.807) is 38.3 Å². The highest BCUT2D eigenvalue weighted by atomic mass is 16.5. The maximum atomic E-state index is 12.1. The molecule has 0 aliphatic rings. The molecule has 6 heteroatoms. The lowest BCUT2D eigenvalue weighted by atomic mass is 10.1. The van der Waals surface area contributed by atoms with Gasteiger partial charge in [-0.05, 0) is 38.1 Å². The molecule has 1 amide bonds. The van der Waals surface area contributed by atoms with Crippen molar-refractivity contribution in [1.82, 2.24) is 10.3 Å². The first kappa shape index (κ1) is 16.0. The molecule has 118 valence electrons. The van der Waals surface area contributed by atoms with Gasteiger partial charge >= 0.3 is 5.97 Å². The van der Waals surface area contributed by atoms with Crippen LogP contribution in [0.15, 0.2) is 24.3 Å². The number of fused-ring (bicyclic) bond motifs is 1. The number of carbonyl (C=O) groups excluding carboxylic acids is 2. The lowest BCUT2D eigenvalue weighted by molar-refractivity contribution is 0.0520. The number of methoxy groups -OCH3 is 1. The summed E-state index contributed by atoms with van der Waals surface area (Å²) in [5.74, 6) is -0.580. The number of hydrogen-bond donors (Lipinski definition) is 2. The number of carbonyl (C=O) groups is 2. The maximum absolute atomic E-state index is 12.1. The third kappa shape index (κ3) is 3.65. The van der Waals surface area contributed by atoms with Gasteiger partial charge in [0.15, 0.2) is 0 Å². The molecule has 1 heterocycles. The summed E-state index contributed by atoms with van der Waals surface area (Å²) < 4.78 is 9.94. The molecule has 2 aromatic rings. The van der Waals surface area contributed by atoms with Crippen LogP contribution in [0.5, 0.6) is 0 Å². The first-order valence-electron chi connectivity index (χ1n) is 7.14. The fraction of sp³-hybridized carbons (Fsp3) is 0.375. The second-order valence-electron chi connectivity index (χ2n) is 5.04. The summed E-state index contributed by atoms with van der Waals surface area (Å²) in [7, 11) is 1.59. The number of ether oxygens (including phenoxy) is 2. The third-order valence-electron chi connectivity index (χ3n) is 3.17. The van der Waals surface area contributed by atoms with E-state index in [1.165, 1.54) is 0 Å². The van der Waals surface area contributed by atoms with E-state index in [1.807, 2.05) is 6.92 Å². The Bertz CT molecular complexity index is 678. The Morgan fingerprint density at radius 2 is 2.09 bits per heavy atom. The Morgan fingerprint density at radius 1 is 1.32 bits per heavy atom. The quantitative estimate of drug-likeness (QED) is 0.801. The number of esters is 1. The van der Waals surface area contributed by atoms with Gasteiger partial charge in [-0.25, -0.2) is 4.79 Å². The van der Waals surface area contributed by atoms with Crippen molar-refractivity contribution >= 4 is 22.8 Å². The molecule has 1 atom stereocenters. The monoisotopic (exact) mass is 304 g/mol. The first-order valence-corrected chi connectivity index (χ1v) is 7.14. The average Bonchev–Trinajstić information content (AvgIpc) is 2.90. The number of aromatic nitrogens is 1. The number of rotatable bonds is 6. The molecule has 6 nitrogen and oxygen atoms in total. The highest BCUT2D eigenvalue weighted by Crippen LogP contribution is 2.18. The van der Waals surface area contributed by atoms with Crippen LogP contribution in [-0.4, -0.2) is 43.2 Å². The summed E-state index contributed by atoms with van der Waals surface area (Å²) in [6.07, 6.45) is 0. The molecule has 0 aliphatic heterocycles. The van der Waals surface area contributed by atoms with Gasteiger partial charge < -0.3 is 19.8 Å². The van der Waals surface area contributed by atoms with Gasteiger partial charge in [-0.2, -0.15) is 0 Å². The molecule has 1 aromatic heterocycles. The molecule has 22 heavy (non-hydrogen) atoms. The number of benzene rings is 1. The lowest BCUT2D eigenvalue weighted by Crippen LogP contribution is -2.35. The first-order chi connectivity index (χ1) is 10.5. The van der Waals surface area contributed by atoms with Crippen molar-refractivity contribution < 1.29 is 19.1 Å². The topological polar surface area (TPSA) is 80.4 Å². The van der Waals surface area contributed by atoms with Crippen molar-refractivity contribution in [3.8, 4) is 0 Å². The Hall–Kier alpha value is -2.34. The summed E-state index contributed by atoms with van der Waals surface area (Å²) in [6.45, 7) is 4.39. The Kier molecular flexibility index (Phi) is 5.16. The van der Waals surface area contributed by atoms with E-state index in [4.69, 9.17) is 9.47 Å². The zero-order valence-corrected chi connectivity index (χ0v) is 12.9. The van der Waals surface area contributed by atoms with Crippen LogP contribution in [0.1, 0.15) is 34.7 Å². The van der Waals surface area contributed by atoms with Gasteiger partial charge in [0.05, 0.1) is 13.2 Å². The molecular weight excluding hydrogens is 284 g/mol. The predicted molar refractivity (Wildman–Crippen MR) is 83.1 cm³/mol. The van der Waals surface area contributed by atoms with E-state index in [0.717, 1.165) is 10.9 Å².